The van der Waals surface area contributed by atoms with Gasteiger partial charge in [0.05, 0.1) is 4.90 Å². The van der Waals surface area contributed by atoms with E-state index in [-0.39, 0.29) is 17.2 Å². The first-order valence-electron chi connectivity index (χ1n) is 6.31. The first-order chi connectivity index (χ1) is 9.80. The molecule has 0 bridgehead atoms. The molecule has 0 amide bonds. The SMILES string of the molecule is Cc1ccc(S(=O)(=O)N(C)Cc2cccc(O)c2)c(Br)c1. The van der Waals surface area contributed by atoms with E-state index in [0.717, 1.165) is 11.1 Å². The standard InChI is InChI=1S/C15H16BrNO3S/c1-11-6-7-15(14(16)8-11)21(19,20)17(2)10-12-4-3-5-13(18)9-12/h3-9,18H,10H2,1-2H3. The maximum atomic E-state index is 12.6. The molecule has 0 saturated heterocycles. The summed E-state index contributed by atoms with van der Waals surface area (Å²) in [5.41, 5.74) is 1.71. The first-order valence-corrected chi connectivity index (χ1v) is 8.54. The number of aryl methyl sites for hydroxylation is 1. The van der Waals surface area contributed by atoms with Crippen LogP contribution >= 0.6 is 15.9 Å². The van der Waals surface area contributed by atoms with Gasteiger partial charge < -0.3 is 5.11 Å². The molecule has 2 aromatic rings. The Balaban J connectivity index is 2.30. The maximum absolute atomic E-state index is 12.6. The number of rotatable bonds is 4. The molecular formula is C15H16BrNO3S. The van der Waals surface area contributed by atoms with Crippen LogP contribution in [0, 0.1) is 6.92 Å². The fraction of sp³-hybridized carbons (Fsp3) is 0.200. The van der Waals surface area contributed by atoms with Crippen molar-refractivity contribution >= 4 is 26.0 Å². The lowest BCUT2D eigenvalue weighted by Crippen LogP contribution is -2.26. The number of nitrogens with zero attached hydrogens (tertiary/aromatic N) is 1. The number of sulfonamides is 1. The summed E-state index contributed by atoms with van der Waals surface area (Å²) >= 11 is 3.30. The van der Waals surface area contributed by atoms with Crippen LogP contribution in [0.15, 0.2) is 51.8 Å². The third-order valence-corrected chi connectivity index (χ3v) is 5.87. The van der Waals surface area contributed by atoms with Crippen molar-refractivity contribution in [3.63, 3.8) is 0 Å². The molecule has 0 radical (unpaired) electrons. The van der Waals surface area contributed by atoms with Crippen molar-refractivity contribution in [3.05, 3.63) is 58.1 Å². The fourth-order valence-corrected chi connectivity index (χ4v) is 4.29. The van der Waals surface area contributed by atoms with Gasteiger partial charge in [0.25, 0.3) is 0 Å². The van der Waals surface area contributed by atoms with Gasteiger partial charge in [-0.1, -0.05) is 18.2 Å². The Morgan fingerprint density at radius 1 is 1.19 bits per heavy atom. The second-order valence-electron chi connectivity index (χ2n) is 4.86. The molecule has 0 aliphatic rings. The van der Waals surface area contributed by atoms with Crippen LogP contribution in [-0.4, -0.2) is 24.9 Å². The Labute approximate surface area is 133 Å². The van der Waals surface area contributed by atoms with E-state index in [9.17, 15) is 13.5 Å². The van der Waals surface area contributed by atoms with Gasteiger partial charge in [-0.3, -0.25) is 0 Å². The lowest BCUT2D eigenvalue weighted by atomic mass is 10.2. The largest absolute Gasteiger partial charge is 0.508 e. The monoisotopic (exact) mass is 369 g/mol. The molecule has 0 aliphatic carbocycles. The lowest BCUT2D eigenvalue weighted by molar-refractivity contribution is 0.458. The van der Waals surface area contributed by atoms with E-state index in [1.54, 1.807) is 42.5 Å². The molecule has 0 aromatic heterocycles. The molecule has 1 N–H and O–H groups in total. The quantitative estimate of drug-likeness (QED) is 0.899. The molecule has 0 heterocycles. The number of halogens is 1. The van der Waals surface area contributed by atoms with Crippen molar-refractivity contribution in [2.45, 2.75) is 18.4 Å². The average molecular weight is 370 g/mol. The van der Waals surface area contributed by atoms with Crippen molar-refractivity contribution in [1.29, 1.82) is 0 Å². The predicted octanol–water partition coefficient (Wildman–Crippen LogP) is 3.28. The average Bonchev–Trinajstić information content (AvgIpc) is 2.38. The Hall–Kier alpha value is -1.37. The molecule has 2 aromatic carbocycles. The number of hydrogen-bond acceptors (Lipinski definition) is 3. The van der Waals surface area contributed by atoms with Crippen LogP contribution in [0.1, 0.15) is 11.1 Å². The molecule has 21 heavy (non-hydrogen) atoms. The summed E-state index contributed by atoms with van der Waals surface area (Å²) in [7, 11) is -2.07. The zero-order valence-electron chi connectivity index (χ0n) is 11.7. The second kappa shape index (κ2) is 6.17. The predicted molar refractivity (Wildman–Crippen MR) is 85.6 cm³/mol. The Bertz CT molecular complexity index is 759. The summed E-state index contributed by atoms with van der Waals surface area (Å²) in [5, 5.41) is 9.44. The van der Waals surface area contributed by atoms with Gasteiger partial charge >= 0.3 is 0 Å². The van der Waals surface area contributed by atoms with Gasteiger partial charge in [-0.2, -0.15) is 4.31 Å². The maximum Gasteiger partial charge on any atom is 0.244 e. The van der Waals surface area contributed by atoms with E-state index in [2.05, 4.69) is 15.9 Å². The van der Waals surface area contributed by atoms with Crippen molar-refractivity contribution in [2.24, 2.45) is 0 Å². The molecule has 0 fully saturated rings. The molecule has 4 nitrogen and oxygen atoms in total. The molecular weight excluding hydrogens is 354 g/mol. The van der Waals surface area contributed by atoms with E-state index in [1.807, 2.05) is 6.92 Å². The third-order valence-electron chi connectivity index (χ3n) is 3.09. The van der Waals surface area contributed by atoms with E-state index in [1.165, 1.54) is 11.4 Å². The zero-order valence-corrected chi connectivity index (χ0v) is 14.1. The van der Waals surface area contributed by atoms with Crippen LogP contribution in [0.4, 0.5) is 0 Å². The Morgan fingerprint density at radius 2 is 1.90 bits per heavy atom. The first kappa shape index (κ1) is 16.0. The molecule has 0 aliphatic heterocycles. The number of aromatic hydroxyl groups is 1. The van der Waals surface area contributed by atoms with Crippen LogP contribution in [0.2, 0.25) is 0 Å². The van der Waals surface area contributed by atoms with Crippen LogP contribution in [0.25, 0.3) is 0 Å². The molecule has 0 unspecified atom stereocenters. The van der Waals surface area contributed by atoms with Crippen LogP contribution in [0.3, 0.4) is 0 Å². The Morgan fingerprint density at radius 3 is 2.52 bits per heavy atom. The van der Waals surface area contributed by atoms with Gasteiger partial charge in [-0.15, -0.1) is 0 Å². The van der Waals surface area contributed by atoms with E-state index < -0.39 is 10.0 Å². The van der Waals surface area contributed by atoms with Crippen molar-refractivity contribution < 1.29 is 13.5 Å². The summed E-state index contributed by atoms with van der Waals surface area (Å²) in [6, 6.07) is 11.7. The van der Waals surface area contributed by atoms with Crippen molar-refractivity contribution in [2.75, 3.05) is 7.05 Å². The van der Waals surface area contributed by atoms with Gasteiger partial charge in [0.15, 0.2) is 0 Å². The molecule has 6 heteroatoms. The highest BCUT2D eigenvalue weighted by molar-refractivity contribution is 9.10. The summed E-state index contributed by atoms with van der Waals surface area (Å²) < 4.78 is 27.0. The fourth-order valence-electron chi connectivity index (χ4n) is 1.98. The van der Waals surface area contributed by atoms with E-state index in [4.69, 9.17) is 0 Å². The third kappa shape index (κ3) is 3.64. The van der Waals surface area contributed by atoms with Gasteiger partial charge in [0.2, 0.25) is 10.0 Å². The van der Waals surface area contributed by atoms with Gasteiger partial charge in [-0.25, -0.2) is 8.42 Å². The second-order valence-corrected chi connectivity index (χ2v) is 7.73. The Kier molecular flexibility index (Phi) is 4.70. The van der Waals surface area contributed by atoms with Crippen LogP contribution in [0.5, 0.6) is 5.75 Å². The summed E-state index contributed by atoms with van der Waals surface area (Å²) in [4.78, 5) is 0.232. The summed E-state index contributed by atoms with van der Waals surface area (Å²) in [6.45, 7) is 2.09. The minimum absolute atomic E-state index is 0.120. The van der Waals surface area contributed by atoms with E-state index >= 15 is 0 Å². The van der Waals surface area contributed by atoms with Crippen molar-refractivity contribution in [3.8, 4) is 5.75 Å². The minimum atomic E-state index is -3.59. The zero-order chi connectivity index (χ0) is 15.6. The molecule has 0 atom stereocenters. The highest BCUT2D eigenvalue weighted by atomic mass is 79.9. The van der Waals surface area contributed by atoms with E-state index in [0.29, 0.717) is 4.47 Å². The molecule has 2 rings (SSSR count). The summed E-state index contributed by atoms with van der Waals surface area (Å²) in [5.74, 6) is 0.120. The van der Waals surface area contributed by atoms with Gasteiger partial charge in [0, 0.05) is 18.1 Å². The van der Waals surface area contributed by atoms with Crippen molar-refractivity contribution in [1.82, 2.24) is 4.31 Å². The summed E-state index contributed by atoms with van der Waals surface area (Å²) in [6.07, 6.45) is 0. The van der Waals surface area contributed by atoms with Gasteiger partial charge in [-0.05, 0) is 58.2 Å². The van der Waals surface area contributed by atoms with Crippen LogP contribution in [-0.2, 0) is 16.6 Å². The molecule has 112 valence electrons. The molecule has 0 spiro atoms. The minimum Gasteiger partial charge on any atom is -0.508 e. The normalized spacial score (nSPS) is 11.8. The van der Waals surface area contributed by atoms with Crippen LogP contribution < -0.4 is 0 Å². The molecule has 0 saturated carbocycles. The number of phenolic OH excluding ortho intramolecular Hbond substituents is 1. The number of benzene rings is 2. The smallest absolute Gasteiger partial charge is 0.244 e. The highest BCUT2D eigenvalue weighted by Gasteiger charge is 2.23. The number of phenols is 1. The van der Waals surface area contributed by atoms with Gasteiger partial charge in [0.1, 0.15) is 5.75 Å². The lowest BCUT2D eigenvalue weighted by Gasteiger charge is -2.18. The topological polar surface area (TPSA) is 57.6 Å². The number of hydrogen-bond donors (Lipinski definition) is 1. The highest BCUT2D eigenvalue weighted by Crippen LogP contribution is 2.26.